The first-order valence-corrected chi connectivity index (χ1v) is 6.55. The molecule has 1 N–H and O–H groups in total. The van der Waals surface area contributed by atoms with Gasteiger partial charge in [0.2, 0.25) is 0 Å². The fourth-order valence-electron chi connectivity index (χ4n) is 2.34. The van der Waals surface area contributed by atoms with Crippen molar-refractivity contribution in [1.82, 2.24) is 5.32 Å². The molecule has 1 fully saturated rings. The van der Waals surface area contributed by atoms with E-state index < -0.39 is 0 Å². The van der Waals surface area contributed by atoms with Gasteiger partial charge in [0.25, 0.3) is 0 Å². The van der Waals surface area contributed by atoms with Crippen molar-refractivity contribution in [2.75, 3.05) is 6.54 Å². The van der Waals surface area contributed by atoms with Gasteiger partial charge < -0.3 is 5.32 Å². The lowest BCUT2D eigenvalue weighted by molar-refractivity contribution is 0.307. The Morgan fingerprint density at radius 3 is 2.21 bits per heavy atom. The van der Waals surface area contributed by atoms with Gasteiger partial charge in [-0.3, -0.25) is 0 Å². The maximum atomic E-state index is 3.74. The van der Waals surface area contributed by atoms with E-state index in [1.165, 1.54) is 45.1 Å². The highest BCUT2D eigenvalue weighted by Gasteiger charge is 2.28. The van der Waals surface area contributed by atoms with Gasteiger partial charge in [-0.1, -0.05) is 46.5 Å². The summed E-state index contributed by atoms with van der Waals surface area (Å²) in [5, 5.41) is 3.74. The Bertz CT molecular complexity index is 136. The molecule has 0 amide bonds. The van der Waals surface area contributed by atoms with Gasteiger partial charge in [-0.05, 0) is 31.2 Å². The molecule has 0 saturated heterocycles. The zero-order valence-electron chi connectivity index (χ0n) is 10.2. The maximum absolute atomic E-state index is 3.74. The van der Waals surface area contributed by atoms with Gasteiger partial charge in [-0.2, -0.15) is 0 Å². The molecule has 0 aromatic rings. The van der Waals surface area contributed by atoms with Crippen LogP contribution in [0, 0.1) is 11.8 Å². The van der Waals surface area contributed by atoms with E-state index in [0.29, 0.717) is 0 Å². The molecule has 84 valence electrons. The summed E-state index contributed by atoms with van der Waals surface area (Å²) < 4.78 is 0. The lowest BCUT2D eigenvalue weighted by Gasteiger charge is -2.26. The van der Waals surface area contributed by atoms with Gasteiger partial charge in [0.05, 0.1) is 0 Å². The lowest BCUT2D eigenvalue weighted by Crippen LogP contribution is -2.36. The predicted octanol–water partition coefficient (Wildman–Crippen LogP) is 3.59. The highest BCUT2D eigenvalue weighted by atomic mass is 14.9. The number of nitrogens with one attached hydrogen (secondary N) is 1. The Morgan fingerprint density at radius 1 is 1.14 bits per heavy atom. The molecule has 1 nitrogen and oxygen atoms in total. The lowest BCUT2D eigenvalue weighted by atomic mass is 9.90. The van der Waals surface area contributed by atoms with Gasteiger partial charge in [-0.15, -0.1) is 0 Å². The van der Waals surface area contributed by atoms with E-state index in [1.54, 1.807) is 0 Å². The van der Waals surface area contributed by atoms with Crippen LogP contribution in [0.1, 0.15) is 59.3 Å². The standard InChI is InChI=1S/C13H27N/c1-4-9-14-13(10-11-7-8-11)12(5-2)6-3/h11-14H,4-10H2,1-3H3. The van der Waals surface area contributed by atoms with E-state index in [0.717, 1.165) is 17.9 Å². The first kappa shape index (κ1) is 12.0. The molecule has 1 saturated carbocycles. The van der Waals surface area contributed by atoms with Crippen LogP contribution in [-0.2, 0) is 0 Å². The SMILES string of the molecule is CCCNC(CC1CC1)C(CC)CC. The molecule has 1 unspecified atom stereocenters. The van der Waals surface area contributed by atoms with Crippen LogP contribution in [-0.4, -0.2) is 12.6 Å². The van der Waals surface area contributed by atoms with Crippen molar-refractivity contribution in [1.29, 1.82) is 0 Å². The highest BCUT2D eigenvalue weighted by Crippen LogP contribution is 2.35. The number of hydrogen-bond acceptors (Lipinski definition) is 1. The molecule has 0 aliphatic heterocycles. The monoisotopic (exact) mass is 197 g/mol. The second-order valence-corrected chi connectivity index (χ2v) is 4.82. The van der Waals surface area contributed by atoms with Crippen molar-refractivity contribution in [3.63, 3.8) is 0 Å². The highest BCUT2D eigenvalue weighted by molar-refractivity contribution is 4.83. The quantitative estimate of drug-likeness (QED) is 0.627. The zero-order chi connectivity index (χ0) is 10.4. The van der Waals surface area contributed by atoms with Gasteiger partial charge in [0.15, 0.2) is 0 Å². The number of hydrogen-bond donors (Lipinski definition) is 1. The van der Waals surface area contributed by atoms with Crippen LogP contribution in [0.15, 0.2) is 0 Å². The molecule has 1 atom stereocenters. The van der Waals surface area contributed by atoms with E-state index in [9.17, 15) is 0 Å². The summed E-state index contributed by atoms with van der Waals surface area (Å²) in [6.45, 7) is 8.13. The third-order valence-corrected chi connectivity index (χ3v) is 3.56. The third kappa shape index (κ3) is 4.00. The van der Waals surface area contributed by atoms with Crippen molar-refractivity contribution in [2.24, 2.45) is 11.8 Å². The fourth-order valence-corrected chi connectivity index (χ4v) is 2.34. The molecule has 1 rings (SSSR count). The zero-order valence-corrected chi connectivity index (χ0v) is 10.2. The average molecular weight is 197 g/mol. The Kier molecular flexibility index (Phi) is 5.54. The molecule has 0 bridgehead atoms. The van der Waals surface area contributed by atoms with Crippen molar-refractivity contribution in [2.45, 2.75) is 65.3 Å². The minimum atomic E-state index is 0.803. The van der Waals surface area contributed by atoms with E-state index in [1.807, 2.05) is 0 Å². The summed E-state index contributed by atoms with van der Waals surface area (Å²) in [6.07, 6.45) is 8.36. The molecule has 0 aromatic carbocycles. The predicted molar refractivity (Wildman–Crippen MR) is 63.5 cm³/mol. The Hall–Kier alpha value is -0.0400. The summed E-state index contributed by atoms with van der Waals surface area (Å²) >= 11 is 0. The van der Waals surface area contributed by atoms with Gasteiger partial charge >= 0.3 is 0 Å². The van der Waals surface area contributed by atoms with Crippen LogP contribution in [0.25, 0.3) is 0 Å². The van der Waals surface area contributed by atoms with E-state index >= 15 is 0 Å². The molecular formula is C13H27N. The Morgan fingerprint density at radius 2 is 1.79 bits per heavy atom. The van der Waals surface area contributed by atoms with Crippen molar-refractivity contribution < 1.29 is 0 Å². The molecule has 14 heavy (non-hydrogen) atoms. The summed E-state index contributed by atoms with van der Waals surface area (Å²) in [6, 6.07) is 0.803. The van der Waals surface area contributed by atoms with E-state index in [2.05, 4.69) is 26.1 Å². The summed E-state index contributed by atoms with van der Waals surface area (Å²) in [5.74, 6) is 1.96. The minimum Gasteiger partial charge on any atom is -0.314 e. The smallest absolute Gasteiger partial charge is 0.00977 e. The molecule has 0 spiro atoms. The van der Waals surface area contributed by atoms with Gasteiger partial charge in [0, 0.05) is 6.04 Å². The molecule has 0 heterocycles. The van der Waals surface area contributed by atoms with E-state index in [4.69, 9.17) is 0 Å². The van der Waals surface area contributed by atoms with Crippen molar-refractivity contribution in [3.05, 3.63) is 0 Å². The van der Waals surface area contributed by atoms with Crippen LogP contribution in [0.3, 0.4) is 0 Å². The largest absolute Gasteiger partial charge is 0.314 e. The van der Waals surface area contributed by atoms with Gasteiger partial charge in [0.1, 0.15) is 0 Å². The topological polar surface area (TPSA) is 12.0 Å². The molecular weight excluding hydrogens is 170 g/mol. The third-order valence-electron chi connectivity index (χ3n) is 3.56. The van der Waals surface area contributed by atoms with Crippen LogP contribution in [0.5, 0.6) is 0 Å². The average Bonchev–Trinajstić information content (AvgIpc) is 2.99. The summed E-state index contributed by atoms with van der Waals surface area (Å²) in [5.41, 5.74) is 0. The number of rotatable bonds is 8. The molecule has 1 heteroatoms. The second kappa shape index (κ2) is 6.44. The van der Waals surface area contributed by atoms with Crippen molar-refractivity contribution in [3.8, 4) is 0 Å². The van der Waals surface area contributed by atoms with Crippen LogP contribution in [0.4, 0.5) is 0 Å². The van der Waals surface area contributed by atoms with Crippen LogP contribution in [0.2, 0.25) is 0 Å². The van der Waals surface area contributed by atoms with Crippen LogP contribution < -0.4 is 5.32 Å². The maximum Gasteiger partial charge on any atom is 0.00977 e. The van der Waals surface area contributed by atoms with Crippen LogP contribution >= 0.6 is 0 Å². The first-order valence-electron chi connectivity index (χ1n) is 6.55. The summed E-state index contributed by atoms with van der Waals surface area (Å²) in [4.78, 5) is 0. The molecule has 0 radical (unpaired) electrons. The summed E-state index contributed by atoms with van der Waals surface area (Å²) in [7, 11) is 0. The first-order chi connectivity index (χ1) is 6.81. The molecule has 1 aliphatic carbocycles. The Labute approximate surface area is 89.7 Å². The normalized spacial score (nSPS) is 18.9. The fraction of sp³-hybridized carbons (Fsp3) is 1.00. The second-order valence-electron chi connectivity index (χ2n) is 4.82. The van der Waals surface area contributed by atoms with Gasteiger partial charge in [-0.25, -0.2) is 0 Å². The molecule has 1 aliphatic rings. The minimum absolute atomic E-state index is 0.803. The molecule has 0 aromatic heterocycles. The van der Waals surface area contributed by atoms with Crippen molar-refractivity contribution >= 4 is 0 Å². The Balaban J connectivity index is 2.31. The van der Waals surface area contributed by atoms with E-state index in [-0.39, 0.29) is 0 Å².